The number of rotatable bonds is 8. The van der Waals surface area contributed by atoms with Crippen LogP contribution in [0.25, 0.3) is 5.82 Å². The molecule has 0 radical (unpaired) electrons. The second kappa shape index (κ2) is 8.81. The molecule has 0 aliphatic carbocycles. The molecule has 22 heavy (non-hydrogen) atoms. The van der Waals surface area contributed by atoms with Crippen LogP contribution in [0, 0.1) is 0 Å². The van der Waals surface area contributed by atoms with Crippen LogP contribution in [0.4, 0.5) is 0 Å². The van der Waals surface area contributed by atoms with Crippen molar-refractivity contribution in [2.75, 3.05) is 6.54 Å². The second-order valence-electron chi connectivity index (χ2n) is 5.16. The average Bonchev–Trinajstić information content (AvgIpc) is 3.07. The first-order chi connectivity index (χ1) is 10.8. The summed E-state index contributed by atoms with van der Waals surface area (Å²) in [5, 5.41) is 7.32. The summed E-state index contributed by atoms with van der Waals surface area (Å²) in [7, 11) is 0. The molecule has 0 amide bonds. The molecule has 2 rings (SSSR count). The number of aliphatic imine (C=N–C) groups is 1. The Balaban J connectivity index is 1.83. The van der Waals surface area contributed by atoms with E-state index >= 15 is 0 Å². The number of nitrogens with one attached hydrogen (secondary N) is 1. The van der Waals surface area contributed by atoms with Gasteiger partial charge < -0.3 is 11.1 Å². The van der Waals surface area contributed by atoms with Crippen molar-refractivity contribution in [3.05, 3.63) is 42.4 Å². The van der Waals surface area contributed by atoms with Crippen molar-refractivity contribution in [1.29, 1.82) is 0 Å². The number of nitrogens with two attached hydrogens (primary N) is 1. The van der Waals surface area contributed by atoms with Gasteiger partial charge in [-0.2, -0.15) is 5.10 Å². The summed E-state index contributed by atoms with van der Waals surface area (Å²) in [6, 6.07) is 5.77. The normalized spacial score (nSPS) is 11.6. The predicted octanol–water partition coefficient (Wildman–Crippen LogP) is 2.25. The lowest BCUT2D eigenvalue weighted by Crippen LogP contribution is -2.32. The first-order valence-electron chi connectivity index (χ1n) is 7.78. The van der Waals surface area contributed by atoms with Gasteiger partial charge in [0.2, 0.25) is 0 Å². The fourth-order valence-corrected chi connectivity index (χ4v) is 2.09. The molecule has 0 aromatic carbocycles. The Bertz CT molecular complexity index is 576. The molecule has 3 N–H and O–H groups in total. The molecular formula is C16H24N6. The molecule has 2 aromatic rings. The van der Waals surface area contributed by atoms with Gasteiger partial charge >= 0.3 is 0 Å². The monoisotopic (exact) mass is 300 g/mol. The smallest absolute Gasteiger partial charge is 0.188 e. The van der Waals surface area contributed by atoms with Crippen LogP contribution in [-0.4, -0.2) is 27.3 Å². The van der Waals surface area contributed by atoms with E-state index in [0.29, 0.717) is 12.5 Å². The maximum absolute atomic E-state index is 5.87. The van der Waals surface area contributed by atoms with Crippen molar-refractivity contribution in [2.45, 2.75) is 39.2 Å². The van der Waals surface area contributed by atoms with Crippen LogP contribution in [0.2, 0.25) is 0 Å². The number of hydrogen-bond acceptors (Lipinski definition) is 3. The third-order valence-electron chi connectivity index (χ3n) is 3.32. The highest BCUT2D eigenvalue weighted by Crippen LogP contribution is 2.07. The van der Waals surface area contributed by atoms with E-state index in [-0.39, 0.29) is 0 Å². The van der Waals surface area contributed by atoms with Crippen molar-refractivity contribution in [3.8, 4) is 5.82 Å². The summed E-state index contributed by atoms with van der Waals surface area (Å²) in [6.07, 6.45) is 10.2. The van der Waals surface area contributed by atoms with Gasteiger partial charge in [-0.3, -0.25) is 0 Å². The van der Waals surface area contributed by atoms with Gasteiger partial charge in [-0.1, -0.05) is 26.2 Å². The fraction of sp³-hybridized carbons (Fsp3) is 0.438. The Kier molecular flexibility index (Phi) is 6.41. The Morgan fingerprint density at radius 3 is 3.00 bits per heavy atom. The number of pyridine rings is 1. The molecule has 2 heterocycles. The molecule has 0 aliphatic heterocycles. The van der Waals surface area contributed by atoms with Crippen LogP contribution in [0.5, 0.6) is 0 Å². The van der Waals surface area contributed by atoms with Gasteiger partial charge in [0.05, 0.1) is 6.54 Å². The zero-order valence-corrected chi connectivity index (χ0v) is 13.1. The molecular weight excluding hydrogens is 276 g/mol. The van der Waals surface area contributed by atoms with Crippen molar-refractivity contribution in [3.63, 3.8) is 0 Å². The zero-order valence-electron chi connectivity index (χ0n) is 13.1. The van der Waals surface area contributed by atoms with Gasteiger partial charge in [-0.05, 0) is 30.2 Å². The highest BCUT2D eigenvalue weighted by Gasteiger charge is 2.00. The highest BCUT2D eigenvalue weighted by atomic mass is 15.3. The van der Waals surface area contributed by atoms with E-state index in [1.54, 1.807) is 17.1 Å². The highest BCUT2D eigenvalue weighted by molar-refractivity contribution is 5.77. The minimum absolute atomic E-state index is 0.494. The molecule has 0 atom stereocenters. The van der Waals surface area contributed by atoms with Crippen LogP contribution in [-0.2, 0) is 6.54 Å². The van der Waals surface area contributed by atoms with Gasteiger partial charge in [0.25, 0.3) is 0 Å². The molecule has 0 bridgehead atoms. The van der Waals surface area contributed by atoms with Gasteiger partial charge in [0, 0.05) is 25.1 Å². The summed E-state index contributed by atoms with van der Waals surface area (Å²) in [6.45, 7) is 3.62. The quantitative estimate of drug-likeness (QED) is 0.445. The van der Waals surface area contributed by atoms with Gasteiger partial charge in [-0.25, -0.2) is 14.7 Å². The van der Waals surface area contributed by atoms with E-state index < -0.39 is 0 Å². The molecule has 0 unspecified atom stereocenters. The standard InChI is InChI=1S/C16H24N6/c1-2-3-4-5-8-19-16(17)20-13-14-7-10-18-15(12-14)22-11-6-9-21-22/h6-7,9-12H,2-5,8,13H2,1H3,(H3,17,19,20). The lowest BCUT2D eigenvalue weighted by molar-refractivity contribution is 0.652. The molecule has 0 saturated carbocycles. The minimum atomic E-state index is 0.494. The molecule has 6 heteroatoms. The first-order valence-corrected chi connectivity index (χ1v) is 7.78. The Hall–Kier alpha value is -2.37. The van der Waals surface area contributed by atoms with Crippen LogP contribution in [0.3, 0.4) is 0 Å². The van der Waals surface area contributed by atoms with E-state index in [4.69, 9.17) is 5.73 Å². The van der Waals surface area contributed by atoms with E-state index in [2.05, 4.69) is 27.3 Å². The summed E-state index contributed by atoms with van der Waals surface area (Å²) in [4.78, 5) is 8.65. The molecule has 118 valence electrons. The third kappa shape index (κ3) is 5.20. The number of unbranched alkanes of at least 4 members (excludes halogenated alkanes) is 3. The lowest BCUT2D eigenvalue weighted by atomic mass is 10.2. The average molecular weight is 300 g/mol. The molecule has 2 aromatic heterocycles. The second-order valence-corrected chi connectivity index (χ2v) is 5.16. The number of hydrogen-bond donors (Lipinski definition) is 2. The molecule has 0 spiro atoms. The van der Waals surface area contributed by atoms with Crippen LogP contribution in [0.15, 0.2) is 41.8 Å². The van der Waals surface area contributed by atoms with Crippen molar-refractivity contribution in [1.82, 2.24) is 20.1 Å². The Labute approximate surface area is 131 Å². The lowest BCUT2D eigenvalue weighted by Gasteiger charge is -2.06. The van der Waals surface area contributed by atoms with Crippen LogP contribution < -0.4 is 11.1 Å². The summed E-state index contributed by atoms with van der Waals surface area (Å²) >= 11 is 0. The SMILES string of the molecule is CCCCCCNC(N)=NCc1ccnc(-n2cccn2)c1. The molecule has 0 aliphatic rings. The summed E-state index contributed by atoms with van der Waals surface area (Å²) < 4.78 is 1.72. The largest absolute Gasteiger partial charge is 0.370 e. The summed E-state index contributed by atoms with van der Waals surface area (Å²) in [5.74, 6) is 1.28. The molecule has 6 nitrogen and oxygen atoms in total. The van der Waals surface area contributed by atoms with Gasteiger partial charge in [0.1, 0.15) is 0 Å². The molecule has 0 saturated heterocycles. The topological polar surface area (TPSA) is 81.1 Å². The van der Waals surface area contributed by atoms with Crippen LogP contribution in [0.1, 0.15) is 38.2 Å². The van der Waals surface area contributed by atoms with Crippen molar-refractivity contribution in [2.24, 2.45) is 10.7 Å². The first kappa shape index (κ1) is 16.0. The van der Waals surface area contributed by atoms with Crippen molar-refractivity contribution >= 4 is 5.96 Å². The Morgan fingerprint density at radius 1 is 1.32 bits per heavy atom. The Morgan fingerprint density at radius 2 is 2.23 bits per heavy atom. The predicted molar refractivity (Wildman–Crippen MR) is 88.8 cm³/mol. The number of aromatic nitrogens is 3. The van der Waals surface area contributed by atoms with E-state index in [9.17, 15) is 0 Å². The summed E-state index contributed by atoms with van der Waals surface area (Å²) in [5.41, 5.74) is 6.93. The number of guanidine groups is 1. The van der Waals surface area contributed by atoms with Crippen molar-refractivity contribution < 1.29 is 0 Å². The van der Waals surface area contributed by atoms with E-state index in [0.717, 1.165) is 24.3 Å². The van der Waals surface area contributed by atoms with Gasteiger partial charge in [-0.15, -0.1) is 0 Å². The maximum atomic E-state index is 5.87. The number of nitrogens with zero attached hydrogens (tertiary/aromatic N) is 4. The van der Waals surface area contributed by atoms with Gasteiger partial charge in [0.15, 0.2) is 11.8 Å². The van der Waals surface area contributed by atoms with E-state index in [1.165, 1.54) is 19.3 Å². The fourth-order valence-electron chi connectivity index (χ4n) is 2.09. The molecule has 0 fully saturated rings. The zero-order chi connectivity index (χ0) is 15.6. The maximum Gasteiger partial charge on any atom is 0.188 e. The minimum Gasteiger partial charge on any atom is -0.370 e. The third-order valence-corrected chi connectivity index (χ3v) is 3.32. The van der Waals surface area contributed by atoms with Crippen LogP contribution >= 0.6 is 0 Å². The van der Waals surface area contributed by atoms with E-state index in [1.807, 2.05) is 24.4 Å².